The number of carbonyl (C=O) groups excluding carboxylic acids is 1. The third-order valence-electron chi connectivity index (χ3n) is 3.21. The lowest BCUT2D eigenvalue weighted by molar-refractivity contribution is -0.148. The molecular weight excluding hydrogens is 274 g/mol. The number of aliphatic carboxylic acids is 1. The molecule has 1 aromatic rings. The number of amides is 1. The molecule has 1 saturated heterocycles. The number of thiophene rings is 1. The van der Waals surface area contributed by atoms with E-state index in [1.54, 1.807) is 13.0 Å². The second kappa shape index (κ2) is 5.28. The summed E-state index contributed by atoms with van der Waals surface area (Å²) in [5.41, 5.74) is 0. The number of carboxylic acids is 1. The highest BCUT2D eigenvalue weighted by molar-refractivity contribution is 7.16. The second-order valence-corrected chi connectivity index (χ2v) is 6.14. The van der Waals surface area contributed by atoms with E-state index in [0.29, 0.717) is 17.3 Å². The van der Waals surface area contributed by atoms with Gasteiger partial charge in [0.1, 0.15) is 6.04 Å². The smallest absolute Gasteiger partial charge is 0.326 e. The fraction of sp³-hybridized carbons (Fsp3) is 0.500. The number of nitrogens with zero attached hydrogens (tertiary/aromatic N) is 1. The molecule has 0 unspecified atom stereocenters. The van der Waals surface area contributed by atoms with Gasteiger partial charge in [-0.05, 0) is 31.9 Å². The number of halogens is 1. The highest BCUT2D eigenvalue weighted by Gasteiger charge is 2.36. The van der Waals surface area contributed by atoms with E-state index < -0.39 is 12.0 Å². The Bertz CT molecular complexity index is 474. The molecule has 0 radical (unpaired) electrons. The molecule has 18 heavy (non-hydrogen) atoms. The standard InChI is InChI=1S/C12H14ClNO3S/c1-7(9-4-5-10(13)18-9)11(15)14-6-2-3-8(14)12(16)17/h4-5,7-8H,2-3,6H2,1H3,(H,16,17)/t7-,8+/m0/s1. The van der Waals surface area contributed by atoms with Gasteiger partial charge in [-0.3, -0.25) is 4.79 Å². The molecule has 0 saturated carbocycles. The van der Waals surface area contributed by atoms with Crippen LogP contribution in [-0.4, -0.2) is 34.5 Å². The van der Waals surface area contributed by atoms with Gasteiger partial charge >= 0.3 is 5.97 Å². The SMILES string of the molecule is C[C@H](C(=O)N1CCC[C@@H]1C(=O)O)c1ccc(Cl)s1. The topological polar surface area (TPSA) is 57.6 Å². The van der Waals surface area contributed by atoms with Crippen LogP contribution in [0, 0.1) is 0 Å². The zero-order valence-electron chi connectivity index (χ0n) is 9.93. The van der Waals surface area contributed by atoms with Crippen LogP contribution in [0.15, 0.2) is 12.1 Å². The van der Waals surface area contributed by atoms with Crippen LogP contribution >= 0.6 is 22.9 Å². The number of hydrogen-bond donors (Lipinski definition) is 1. The van der Waals surface area contributed by atoms with Crippen LogP contribution < -0.4 is 0 Å². The normalized spacial score (nSPS) is 21.0. The Morgan fingerprint density at radius 2 is 2.28 bits per heavy atom. The van der Waals surface area contributed by atoms with E-state index >= 15 is 0 Å². The summed E-state index contributed by atoms with van der Waals surface area (Å²) in [4.78, 5) is 25.7. The first-order valence-corrected chi connectivity index (χ1v) is 6.98. The summed E-state index contributed by atoms with van der Waals surface area (Å²) in [5, 5.41) is 9.08. The van der Waals surface area contributed by atoms with Crippen LogP contribution in [0.4, 0.5) is 0 Å². The molecule has 1 fully saturated rings. The highest BCUT2D eigenvalue weighted by atomic mass is 35.5. The minimum atomic E-state index is -0.919. The van der Waals surface area contributed by atoms with E-state index in [0.717, 1.165) is 11.3 Å². The predicted molar refractivity (Wildman–Crippen MR) is 70.1 cm³/mol. The lowest BCUT2D eigenvalue weighted by Crippen LogP contribution is -2.42. The summed E-state index contributed by atoms with van der Waals surface area (Å²) in [5.74, 6) is -1.38. The molecule has 2 rings (SSSR count). The zero-order chi connectivity index (χ0) is 13.3. The number of likely N-dealkylation sites (tertiary alicyclic amines) is 1. The van der Waals surface area contributed by atoms with Crippen molar-refractivity contribution in [3.05, 3.63) is 21.3 Å². The van der Waals surface area contributed by atoms with Gasteiger partial charge < -0.3 is 10.0 Å². The number of rotatable bonds is 3. The van der Waals surface area contributed by atoms with Crippen molar-refractivity contribution in [3.63, 3.8) is 0 Å². The van der Waals surface area contributed by atoms with Crippen LogP contribution in [0.2, 0.25) is 4.34 Å². The average molecular weight is 288 g/mol. The lowest BCUT2D eigenvalue weighted by Gasteiger charge is -2.24. The largest absolute Gasteiger partial charge is 0.480 e. The molecule has 1 aliphatic rings. The van der Waals surface area contributed by atoms with Gasteiger partial charge in [-0.15, -0.1) is 11.3 Å². The maximum absolute atomic E-state index is 12.3. The van der Waals surface area contributed by atoms with Crippen LogP contribution in [0.25, 0.3) is 0 Å². The zero-order valence-corrected chi connectivity index (χ0v) is 11.5. The Kier molecular flexibility index (Phi) is 3.92. The number of hydrogen-bond acceptors (Lipinski definition) is 3. The Balaban J connectivity index is 2.13. The van der Waals surface area contributed by atoms with Crippen molar-refractivity contribution in [2.45, 2.75) is 31.7 Å². The minimum absolute atomic E-state index is 0.126. The maximum atomic E-state index is 12.3. The number of carbonyl (C=O) groups is 2. The van der Waals surface area contributed by atoms with Crippen molar-refractivity contribution in [2.75, 3.05) is 6.54 Å². The van der Waals surface area contributed by atoms with Gasteiger partial charge in [0.15, 0.2) is 0 Å². The Morgan fingerprint density at radius 1 is 1.56 bits per heavy atom. The van der Waals surface area contributed by atoms with Gasteiger partial charge in [-0.25, -0.2) is 4.79 Å². The summed E-state index contributed by atoms with van der Waals surface area (Å²) < 4.78 is 0.640. The molecule has 1 N–H and O–H groups in total. The van der Waals surface area contributed by atoms with E-state index in [2.05, 4.69) is 0 Å². The van der Waals surface area contributed by atoms with Gasteiger partial charge in [0.05, 0.1) is 10.3 Å². The summed E-state index contributed by atoms with van der Waals surface area (Å²) in [6, 6.07) is 2.90. The van der Waals surface area contributed by atoms with Crippen LogP contribution in [0.5, 0.6) is 0 Å². The van der Waals surface area contributed by atoms with E-state index in [-0.39, 0.29) is 11.8 Å². The van der Waals surface area contributed by atoms with E-state index in [9.17, 15) is 9.59 Å². The molecule has 98 valence electrons. The molecule has 0 spiro atoms. The Labute approximate surface area is 114 Å². The lowest BCUT2D eigenvalue weighted by atomic mass is 10.1. The first kappa shape index (κ1) is 13.4. The van der Waals surface area contributed by atoms with Gasteiger partial charge in [-0.1, -0.05) is 11.6 Å². The third kappa shape index (κ3) is 2.52. The molecule has 1 aromatic heterocycles. The van der Waals surface area contributed by atoms with Gasteiger partial charge in [0, 0.05) is 11.4 Å². The van der Waals surface area contributed by atoms with E-state index in [4.69, 9.17) is 16.7 Å². The average Bonchev–Trinajstić information content (AvgIpc) is 2.95. The molecule has 1 aliphatic heterocycles. The third-order valence-corrected chi connectivity index (χ3v) is 4.63. The molecule has 2 atom stereocenters. The van der Waals surface area contributed by atoms with Crippen LogP contribution in [0.1, 0.15) is 30.6 Å². The molecular formula is C12H14ClNO3S. The molecule has 0 aliphatic carbocycles. The fourth-order valence-electron chi connectivity index (χ4n) is 2.22. The summed E-state index contributed by atoms with van der Waals surface area (Å²) >= 11 is 7.21. The van der Waals surface area contributed by atoms with Crippen molar-refractivity contribution >= 4 is 34.8 Å². The quantitative estimate of drug-likeness (QED) is 0.929. The Morgan fingerprint density at radius 3 is 2.83 bits per heavy atom. The molecule has 4 nitrogen and oxygen atoms in total. The summed E-state index contributed by atoms with van der Waals surface area (Å²) in [7, 11) is 0. The van der Waals surface area contributed by atoms with Gasteiger partial charge in [0.2, 0.25) is 5.91 Å². The monoisotopic (exact) mass is 287 g/mol. The van der Waals surface area contributed by atoms with Gasteiger partial charge in [0.25, 0.3) is 0 Å². The fourth-order valence-corrected chi connectivity index (χ4v) is 3.32. The van der Waals surface area contributed by atoms with E-state index in [1.807, 2.05) is 6.07 Å². The molecule has 0 bridgehead atoms. The van der Waals surface area contributed by atoms with Crippen LogP contribution in [-0.2, 0) is 9.59 Å². The maximum Gasteiger partial charge on any atom is 0.326 e. The van der Waals surface area contributed by atoms with E-state index in [1.165, 1.54) is 16.2 Å². The van der Waals surface area contributed by atoms with Crippen LogP contribution in [0.3, 0.4) is 0 Å². The van der Waals surface area contributed by atoms with Crippen molar-refractivity contribution in [3.8, 4) is 0 Å². The van der Waals surface area contributed by atoms with Crippen molar-refractivity contribution < 1.29 is 14.7 Å². The molecule has 6 heteroatoms. The van der Waals surface area contributed by atoms with Crippen molar-refractivity contribution in [2.24, 2.45) is 0 Å². The first-order valence-electron chi connectivity index (χ1n) is 5.79. The highest BCUT2D eigenvalue weighted by Crippen LogP contribution is 2.31. The molecule has 1 amide bonds. The second-order valence-electron chi connectivity index (χ2n) is 4.39. The number of carboxylic acid groups (broad SMARTS) is 1. The summed E-state index contributed by atoms with van der Waals surface area (Å²) in [6.45, 7) is 2.32. The first-order chi connectivity index (χ1) is 8.50. The predicted octanol–water partition coefficient (Wildman–Crippen LogP) is 2.58. The van der Waals surface area contributed by atoms with Gasteiger partial charge in [-0.2, -0.15) is 0 Å². The Hall–Kier alpha value is -1.07. The molecule has 0 aromatic carbocycles. The van der Waals surface area contributed by atoms with Crippen molar-refractivity contribution in [1.82, 2.24) is 4.90 Å². The molecule has 2 heterocycles. The van der Waals surface area contributed by atoms with Crippen molar-refractivity contribution in [1.29, 1.82) is 0 Å². The minimum Gasteiger partial charge on any atom is -0.480 e. The summed E-state index contributed by atoms with van der Waals surface area (Å²) in [6.07, 6.45) is 1.29.